The molecule has 2 heterocycles. The molecule has 2 aromatic heterocycles. The Balaban J connectivity index is 1.63. The minimum Gasteiger partial charge on any atom is -0.473 e. The van der Waals surface area contributed by atoms with Gasteiger partial charge in [-0.05, 0) is 0 Å². The first-order valence-electron chi connectivity index (χ1n) is 5.51. The Morgan fingerprint density at radius 1 is 1.61 bits per heavy atom. The van der Waals surface area contributed by atoms with Crippen molar-refractivity contribution >= 4 is 11.7 Å². The Bertz CT molecular complexity index is 459. The molecular formula is C10H15N5O2S. The van der Waals surface area contributed by atoms with Crippen LogP contribution < -0.4 is 10.1 Å². The van der Waals surface area contributed by atoms with Crippen LogP contribution in [0.25, 0.3) is 0 Å². The lowest BCUT2D eigenvalue weighted by Crippen LogP contribution is -2.31. The van der Waals surface area contributed by atoms with Gasteiger partial charge in [0.15, 0.2) is 0 Å². The highest BCUT2D eigenvalue weighted by molar-refractivity contribution is 6.99. The van der Waals surface area contributed by atoms with Crippen LogP contribution in [0.15, 0.2) is 18.6 Å². The molecule has 2 aromatic rings. The molecule has 0 fully saturated rings. The van der Waals surface area contributed by atoms with Crippen molar-refractivity contribution in [1.82, 2.24) is 23.6 Å². The highest BCUT2D eigenvalue weighted by atomic mass is 32.1. The maximum atomic E-state index is 9.69. The summed E-state index contributed by atoms with van der Waals surface area (Å²) >= 11 is 1.08. The second-order valence-electron chi connectivity index (χ2n) is 3.80. The SMILES string of the molecule is Cn1ccnc1CNCC(O)COc1cnsn1. The van der Waals surface area contributed by atoms with Crippen molar-refractivity contribution in [2.24, 2.45) is 7.05 Å². The summed E-state index contributed by atoms with van der Waals surface area (Å²) in [7, 11) is 1.93. The van der Waals surface area contributed by atoms with Crippen LogP contribution >= 0.6 is 11.7 Å². The van der Waals surface area contributed by atoms with Crippen molar-refractivity contribution in [3.63, 3.8) is 0 Å². The average Bonchev–Trinajstić information content (AvgIpc) is 2.99. The number of nitrogens with zero attached hydrogens (tertiary/aromatic N) is 4. The Morgan fingerprint density at radius 3 is 3.17 bits per heavy atom. The van der Waals surface area contributed by atoms with Crippen LogP contribution in [0.1, 0.15) is 5.82 Å². The van der Waals surface area contributed by atoms with Gasteiger partial charge in [-0.2, -0.15) is 4.37 Å². The zero-order valence-electron chi connectivity index (χ0n) is 9.98. The number of ether oxygens (including phenoxy) is 1. The lowest BCUT2D eigenvalue weighted by atomic mass is 10.3. The van der Waals surface area contributed by atoms with E-state index >= 15 is 0 Å². The molecule has 1 unspecified atom stereocenters. The Kier molecular flexibility index (Phi) is 4.62. The summed E-state index contributed by atoms with van der Waals surface area (Å²) in [5.74, 6) is 1.37. The molecule has 8 heteroatoms. The molecule has 0 aliphatic carbocycles. The van der Waals surface area contributed by atoms with Gasteiger partial charge in [-0.15, -0.1) is 4.37 Å². The second-order valence-corrected chi connectivity index (χ2v) is 4.35. The fourth-order valence-electron chi connectivity index (χ4n) is 1.38. The maximum absolute atomic E-state index is 9.69. The van der Waals surface area contributed by atoms with Gasteiger partial charge in [-0.25, -0.2) is 4.98 Å². The fraction of sp³-hybridized carbons (Fsp3) is 0.500. The standard InChI is InChI=1S/C10H15N5O2S/c1-15-3-2-12-9(15)5-11-4-8(16)7-17-10-6-13-18-14-10/h2-3,6,8,11,16H,4-5,7H2,1H3. The molecule has 1 atom stereocenters. The maximum Gasteiger partial charge on any atom is 0.245 e. The van der Waals surface area contributed by atoms with Crippen molar-refractivity contribution in [2.75, 3.05) is 13.2 Å². The van der Waals surface area contributed by atoms with Crippen molar-refractivity contribution in [3.05, 3.63) is 24.4 Å². The molecule has 0 aliphatic heterocycles. The van der Waals surface area contributed by atoms with Gasteiger partial charge >= 0.3 is 0 Å². The number of aromatic nitrogens is 4. The summed E-state index contributed by atoms with van der Waals surface area (Å²) in [5.41, 5.74) is 0. The van der Waals surface area contributed by atoms with Gasteiger partial charge in [0.25, 0.3) is 0 Å². The molecule has 0 amide bonds. The zero-order chi connectivity index (χ0) is 12.8. The number of aryl methyl sites for hydroxylation is 1. The fourth-order valence-corrected chi connectivity index (χ4v) is 1.74. The summed E-state index contributed by atoms with van der Waals surface area (Å²) in [4.78, 5) is 4.17. The Hall–Kier alpha value is -1.51. The summed E-state index contributed by atoms with van der Waals surface area (Å²) in [6, 6.07) is 0. The van der Waals surface area contributed by atoms with Gasteiger partial charge in [0.1, 0.15) is 24.7 Å². The summed E-state index contributed by atoms with van der Waals surface area (Å²) < 4.78 is 14.9. The molecule has 0 aliphatic rings. The predicted octanol–water partition coefficient (Wildman–Crippen LogP) is -0.199. The number of nitrogens with one attached hydrogen (secondary N) is 1. The van der Waals surface area contributed by atoms with Crippen LogP contribution in [0.2, 0.25) is 0 Å². The molecule has 7 nitrogen and oxygen atoms in total. The second kappa shape index (κ2) is 6.43. The summed E-state index contributed by atoms with van der Waals surface area (Å²) in [5, 5.41) is 12.8. The average molecular weight is 269 g/mol. The highest BCUT2D eigenvalue weighted by Gasteiger charge is 2.07. The van der Waals surface area contributed by atoms with Crippen molar-refractivity contribution < 1.29 is 9.84 Å². The quantitative estimate of drug-likeness (QED) is 0.724. The highest BCUT2D eigenvalue weighted by Crippen LogP contribution is 2.05. The molecule has 98 valence electrons. The van der Waals surface area contributed by atoms with E-state index in [-0.39, 0.29) is 6.61 Å². The van der Waals surface area contributed by atoms with Crippen LogP contribution in [0.5, 0.6) is 5.88 Å². The van der Waals surface area contributed by atoms with Gasteiger partial charge in [0.2, 0.25) is 5.88 Å². The van der Waals surface area contributed by atoms with Gasteiger partial charge in [-0.3, -0.25) is 0 Å². The molecule has 0 aromatic carbocycles. The number of rotatable bonds is 7. The number of aliphatic hydroxyl groups excluding tert-OH is 1. The van der Waals surface area contributed by atoms with E-state index < -0.39 is 6.10 Å². The first-order valence-corrected chi connectivity index (χ1v) is 6.24. The van der Waals surface area contributed by atoms with Gasteiger partial charge in [0, 0.05) is 26.0 Å². The minimum absolute atomic E-state index is 0.193. The molecule has 0 spiro atoms. The molecule has 2 N–H and O–H groups in total. The van der Waals surface area contributed by atoms with Crippen LogP contribution in [-0.4, -0.2) is 42.7 Å². The third-order valence-electron chi connectivity index (χ3n) is 2.35. The topological polar surface area (TPSA) is 85.1 Å². The van der Waals surface area contributed by atoms with Gasteiger partial charge in [-0.1, -0.05) is 0 Å². The molecule has 0 saturated heterocycles. The van der Waals surface area contributed by atoms with E-state index in [9.17, 15) is 5.11 Å². The van der Waals surface area contributed by atoms with E-state index in [0.29, 0.717) is 19.0 Å². The predicted molar refractivity (Wildman–Crippen MR) is 66.3 cm³/mol. The first-order chi connectivity index (χ1) is 8.75. The molecule has 0 bridgehead atoms. The smallest absolute Gasteiger partial charge is 0.245 e. The summed E-state index contributed by atoms with van der Waals surface area (Å²) in [6.07, 6.45) is 4.56. The lowest BCUT2D eigenvalue weighted by Gasteiger charge is -2.11. The molecule has 18 heavy (non-hydrogen) atoms. The van der Waals surface area contributed by atoms with E-state index in [1.807, 2.05) is 17.8 Å². The van der Waals surface area contributed by atoms with Crippen molar-refractivity contribution in [1.29, 1.82) is 0 Å². The molecular weight excluding hydrogens is 254 g/mol. The number of imidazole rings is 1. The third kappa shape index (κ3) is 3.76. The Morgan fingerprint density at radius 2 is 2.50 bits per heavy atom. The monoisotopic (exact) mass is 269 g/mol. The van der Waals surface area contributed by atoms with Crippen LogP contribution in [0, 0.1) is 0 Å². The number of hydrogen-bond acceptors (Lipinski definition) is 7. The third-order valence-corrected chi connectivity index (χ3v) is 2.81. The molecule has 0 saturated carbocycles. The minimum atomic E-state index is -0.591. The summed E-state index contributed by atoms with van der Waals surface area (Å²) in [6.45, 7) is 1.24. The van der Waals surface area contributed by atoms with Crippen LogP contribution in [0.4, 0.5) is 0 Å². The van der Waals surface area contributed by atoms with Crippen molar-refractivity contribution in [3.8, 4) is 5.88 Å². The van der Waals surface area contributed by atoms with Crippen molar-refractivity contribution in [2.45, 2.75) is 12.6 Å². The van der Waals surface area contributed by atoms with E-state index in [1.165, 1.54) is 6.20 Å². The van der Waals surface area contributed by atoms with Gasteiger partial charge < -0.3 is 19.7 Å². The molecule has 0 radical (unpaired) electrons. The number of aliphatic hydroxyl groups is 1. The zero-order valence-corrected chi connectivity index (χ0v) is 10.8. The van der Waals surface area contributed by atoms with Crippen LogP contribution in [0.3, 0.4) is 0 Å². The Labute approximate surface area is 109 Å². The van der Waals surface area contributed by atoms with E-state index in [4.69, 9.17) is 4.74 Å². The van der Waals surface area contributed by atoms with E-state index in [0.717, 1.165) is 17.6 Å². The number of hydrogen-bond donors (Lipinski definition) is 2. The normalized spacial score (nSPS) is 12.6. The van der Waals surface area contributed by atoms with E-state index in [1.54, 1.807) is 6.20 Å². The van der Waals surface area contributed by atoms with Crippen LogP contribution in [-0.2, 0) is 13.6 Å². The first kappa shape index (κ1) is 12.9. The van der Waals surface area contributed by atoms with E-state index in [2.05, 4.69) is 19.0 Å². The molecule has 2 rings (SSSR count). The lowest BCUT2D eigenvalue weighted by molar-refractivity contribution is 0.104. The largest absolute Gasteiger partial charge is 0.473 e. The van der Waals surface area contributed by atoms with Gasteiger partial charge in [0.05, 0.1) is 18.3 Å².